The normalized spacial score (nSPS) is 18.2. The number of likely N-dealkylation sites (tertiary alicyclic amines) is 2. The van der Waals surface area contributed by atoms with Gasteiger partial charge in [0.25, 0.3) is 11.8 Å². The number of rotatable bonds is 12. The second kappa shape index (κ2) is 20.2. The molecular formula is C48H51F7N4O7S. The molecule has 3 N–H and O–H groups in total. The number of hydrogen-bond acceptors (Lipinski definition) is 7. The number of halogens is 7. The minimum absolute atomic E-state index is 0.0163. The molecule has 0 aromatic heterocycles. The van der Waals surface area contributed by atoms with E-state index in [1.54, 1.807) is 38.1 Å². The van der Waals surface area contributed by atoms with E-state index >= 15 is 0 Å². The highest BCUT2D eigenvalue weighted by Gasteiger charge is 2.41. The molecule has 11 nitrogen and oxygen atoms in total. The lowest BCUT2D eigenvalue weighted by atomic mass is 9.96. The van der Waals surface area contributed by atoms with Crippen molar-refractivity contribution in [2.45, 2.75) is 107 Å². The van der Waals surface area contributed by atoms with Crippen molar-refractivity contribution in [3.8, 4) is 0 Å². The van der Waals surface area contributed by atoms with Gasteiger partial charge in [0.1, 0.15) is 17.9 Å². The van der Waals surface area contributed by atoms with Gasteiger partial charge in [0.15, 0.2) is 9.84 Å². The molecule has 0 bridgehead atoms. The minimum Gasteiger partial charge on any atom is -0.386 e. The summed E-state index contributed by atoms with van der Waals surface area (Å²) in [5.74, 6) is -2.83. The standard InChI is InChI=1S/C26H28F4N2O3.C22H23F3N2O4S/c1-25(2,35)17-6-3-5-16(13-17)24(34)32-12-4-7-21(32)23(33)31-22(15-8-9-15)19-11-10-18(14-20(19)27)26(28,29)30;1-2-32(30,31)18-6-3-5-16(13-18)21(29)27-12-4-7-19(27)20(28)26-14-15-8-10-17(11-9-15)22(23,24)25/h3,5-6,10-11,13-15,21-22,35H,4,7-9,12H2,1-2H3,(H,31,33);3,5-6,8-11,13,19H,2,4,7,12,14H2,1H3,(H,26,28)/t21-,22-;19-/m10/s1. The van der Waals surface area contributed by atoms with Crippen molar-refractivity contribution in [2.24, 2.45) is 5.92 Å². The van der Waals surface area contributed by atoms with E-state index in [4.69, 9.17) is 0 Å². The number of alkyl halides is 6. The molecule has 1 aliphatic carbocycles. The highest BCUT2D eigenvalue weighted by molar-refractivity contribution is 7.91. The van der Waals surface area contributed by atoms with Crippen molar-refractivity contribution in [2.75, 3.05) is 18.8 Å². The fourth-order valence-electron chi connectivity index (χ4n) is 8.12. The van der Waals surface area contributed by atoms with Crippen LogP contribution in [0.2, 0.25) is 0 Å². The Morgan fingerprint density at radius 2 is 1.24 bits per heavy atom. The fourth-order valence-corrected chi connectivity index (χ4v) is 9.05. The maximum Gasteiger partial charge on any atom is 0.416 e. The summed E-state index contributed by atoms with van der Waals surface area (Å²) in [5.41, 5.74) is -1.38. The summed E-state index contributed by atoms with van der Waals surface area (Å²) in [6.07, 6.45) is -5.56. The van der Waals surface area contributed by atoms with Gasteiger partial charge in [-0.15, -0.1) is 0 Å². The molecule has 3 atom stereocenters. The number of aliphatic hydroxyl groups is 1. The summed E-state index contributed by atoms with van der Waals surface area (Å²) in [6.45, 7) is 5.48. The number of hydrogen-bond donors (Lipinski definition) is 3. The Balaban J connectivity index is 0.000000222. The summed E-state index contributed by atoms with van der Waals surface area (Å²) in [7, 11) is -3.48. The van der Waals surface area contributed by atoms with E-state index in [-0.39, 0.29) is 40.1 Å². The van der Waals surface area contributed by atoms with Crippen LogP contribution in [0.1, 0.15) is 114 Å². The summed E-state index contributed by atoms with van der Waals surface area (Å²) in [5, 5.41) is 15.8. The first-order valence-electron chi connectivity index (χ1n) is 21.8. The topological polar surface area (TPSA) is 153 Å². The molecule has 0 spiro atoms. The van der Waals surface area contributed by atoms with Crippen molar-refractivity contribution in [1.29, 1.82) is 0 Å². The van der Waals surface area contributed by atoms with Crippen molar-refractivity contribution in [3.63, 3.8) is 0 Å². The van der Waals surface area contributed by atoms with Gasteiger partial charge in [-0.25, -0.2) is 12.8 Å². The lowest BCUT2D eigenvalue weighted by Crippen LogP contribution is -2.47. The second-order valence-electron chi connectivity index (χ2n) is 17.4. The maximum absolute atomic E-state index is 14.7. The predicted molar refractivity (Wildman–Crippen MR) is 232 cm³/mol. The third-order valence-electron chi connectivity index (χ3n) is 12.1. The van der Waals surface area contributed by atoms with E-state index in [1.807, 2.05) is 0 Å². The number of benzene rings is 4. The molecule has 4 aromatic rings. The van der Waals surface area contributed by atoms with E-state index in [2.05, 4.69) is 10.6 Å². The van der Waals surface area contributed by atoms with E-state index in [1.165, 1.54) is 53.1 Å². The van der Waals surface area contributed by atoms with Crippen LogP contribution in [0.4, 0.5) is 30.7 Å². The van der Waals surface area contributed by atoms with Crippen molar-refractivity contribution in [3.05, 3.63) is 136 Å². The fraction of sp³-hybridized carbons (Fsp3) is 0.417. The summed E-state index contributed by atoms with van der Waals surface area (Å²) >= 11 is 0. The molecule has 360 valence electrons. The van der Waals surface area contributed by atoms with Gasteiger partial charge in [-0.2, -0.15) is 26.3 Å². The van der Waals surface area contributed by atoms with Crippen molar-refractivity contribution in [1.82, 2.24) is 20.4 Å². The molecule has 7 rings (SSSR count). The van der Waals surface area contributed by atoms with Gasteiger partial charge in [-0.3, -0.25) is 19.2 Å². The number of nitrogens with zero attached hydrogens (tertiary/aromatic N) is 2. The molecule has 0 radical (unpaired) electrons. The molecule has 2 saturated heterocycles. The first-order valence-corrected chi connectivity index (χ1v) is 23.4. The van der Waals surface area contributed by atoms with Crippen LogP contribution in [0, 0.1) is 11.7 Å². The molecule has 2 heterocycles. The van der Waals surface area contributed by atoms with Gasteiger partial charge >= 0.3 is 12.4 Å². The molecule has 4 aromatic carbocycles. The van der Waals surface area contributed by atoms with Crippen LogP contribution in [0.15, 0.2) is 95.9 Å². The van der Waals surface area contributed by atoms with Gasteiger partial charge in [0.2, 0.25) is 11.8 Å². The predicted octanol–water partition coefficient (Wildman–Crippen LogP) is 8.36. The average Bonchev–Trinajstić information content (AvgIpc) is 3.78. The second-order valence-corrected chi connectivity index (χ2v) is 19.6. The van der Waals surface area contributed by atoms with Gasteiger partial charge < -0.3 is 25.5 Å². The van der Waals surface area contributed by atoms with Crippen molar-refractivity contribution >= 4 is 33.5 Å². The maximum atomic E-state index is 14.7. The zero-order valence-corrected chi connectivity index (χ0v) is 37.7. The monoisotopic (exact) mass is 960 g/mol. The highest BCUT2D eigenvalue weighted by Crippen LogP contribution is 2.43. The molecule has 4 amide bonds. The van der Waals surface area contributed by atoms with Crippen LogP contribution in [0.5, 0.6) is 0 Å². The Kier molecular flexibility index (Phi) is 15.2. The van der Waals surface area contributed by atoms with Crippen LogP contribution >= 0.6 is 0 Å². The number of carbonyl (C=O) groups excluding carboxylic acids is 4. The number of sulfone groups is 1. The first-order chi connectivity index (χ1) is 31.4. The van der Waals surface area contributed by atoms with Crippen LogP contribution in [-0.4, -0.2) is 77.9 Å². The number of nitrogens with one attached hydrogen (secondary N) is 2. The summed E-state index contributed by atoms with van der Waals surface area (Å²) in [6, 6.07) is 16.9. The SMILES string of the molecule is CC(C)(O)c1cccc(C(=O)N2CCC[C@@H]2C(=O)N[C@@H](c2ccc(C(F)(F)F)cc2F)C2CC2)c1.CCS(=O)(=O)c1cccc(C(=O)N2CCC[C@H]2C(=O)NCc2ccc(C(F)(F)F)cc2)c1. The van der Waals surface area contributed by atoms with E-state index < -0.39 is 80.6 Å². The Morgan fingerprint density at radius 1 is 0.701 bits per heavy atom. The zero-order valence-electron chi connectivity index (χ0n) is 36.9. The van der Waals surface area contributed by atoms with Crippen LogP contribution in [0.3, 0.4) is 0 Å². The quantitative estimate of drug-likeness (QED) is 0.121. The van der Waals surface area contributed by atoms with Gasteiger partial charge in [-0.05, 0) is 124 Å². The molecule has 0 unspecified atom stereocenters. The van der Waals surface area contributed by atoms with E-state index in [0.717, 1.165) is 37.1 Å². The van der Waals surface area contributed by atoms with Gasteiger partial charge in [0, 0.05) is 36.3 Å². The average molecular weight is 961 g/mol. The summed E-state index contributed by atoms with van der Waals surface area (Å²) < 4.78 is 116. The Labute approximate surface area is 383 Å². The van der Waals surface area contributed by atoms with Gasteiger partial charge in [-0.1, -0.05) is 43.3 Å². The Bertz CT molecular complexity index is 2580. The molecule has 3 fully saturated rings. The highest BCUT2D eigenvalue weighted by atomic mass is 32.2. The molecular weight excluding hydrogens is 910 g/mol. The van der Waals surface area contributed by atoms with E-state index in [0.29, 0.717) is 61.5 Å². The zero-order chi connectivity index (χ0) is 49.1. The van der Waals surface area contributed by atoms with Crippen LogP contribution in [0.25, 0.3) is 0 Å². The smallest absolute Gasteiger partial charge is 0.386 e. The van der Waals surface area contributed by atoms with Crippen molar-refractivity contribution < 1.29 is 63.4 Å². The third kappa shape index (κ3) is 12.4. The lowest BCUT2D eigenvalue weighted by molar-refractivity contribution is -0.138. The molecule has 67 heavy (non-hydrogen) atoms. The largest absolute Gasteiger partial charge is 0.416 e. The minimum atomic E-state index is -4.66. The van der Waals surface area contributed by atoms with Crippen LogP contribution in [-0.2, 0) is 43.9 Å². The molecule has 3 aliphatic rings. The molecule has 2 aliphatic heterocycles. The Hall–Kier alpha value is -5.82. The van der Waals surface area contributed by atoms with Crippen LogP contribution < -0.4 is 10.6 Å². The third-order valence-corrected chi connectivity index (χ3v) is 13.8. The number of amides is 4. The van der Waals surface area contributed by atoms with E-state index in [9.17, 15) is 63.4 Å². The molecule has 1 saturated carbocycles. The van der Waals surface area contributed by atoms with Gasteiger partial charge in [0.05, 0.1) is 33.4 Å². The lowest BCUT2D eigenvalue weighted by Gasteiger charge is -2.28. The number of carbonyl (C=O) groups is 4. The molecule has 19 heteroatoms. The summed E-state index contributed by atoms with van der Waals surface area (Å²) in [4.78, 5) is 55.0. The Morgan fingerprint density at radius 3 is 1.76 bits per heavy atom. The first kappa shape index (κ1) is 50.6.